The fourth-order valence-electron chi connectivity index (χ4n) is 13.7. The molecule has 0 unspecified atom stereocenters. The van der Waals surface area contributed by atoms with E-state index >= 15 is 0 Å². The summed E-state index contributed by atoms with van der Waals surface area (Å²) in [5, 5.41) is 1.03. The van der Waals surface area contributed by atoms with Crippen LogP contribution in [0.25, 0.3) is 135 Å². The summed E-state index contributed by atoms with van der Waals surface area (Å²) in [6.07, 6.45) is 6.73. The lowest BCUT2D eigenvalue weighted by atomic mass is 9.98. The van der Waals surface area contributed by atoms with Crippen LogP contribution < -0.4 is 14.2 Å². The van der Waals surface area contributed by atoms with Gasteiger partial charge in [0.1, 0.15) is 45.5 Å². The van der Waals surface area contributed by atoms with Crippen molar-refractivity contribution in [3.8, 4) is 96.3 Å². The minimum atomic E-state index is -0.389. The van der Waals surface area contributed by atoms with E-state index in [2.05, 4.69) is 154 Å². The minimum absolute atomic E-state index is 0.201. The summed E-state index contributed by atoms with van der Waals surface area (Å²) in [4.78, 5) is 24.9. The van der Waals surface area contributed by atoms with Gasteiger partial charge in [-0.05, 0) is 142 Å². The molecule has 0 aliphatic carbocycles. The Bertz CT molecular complexity index is 6290. The zero-order valence-electron chi connectivity index (χ0n) is 58.0. The molecule has 0 radical (unpaired) electrons. The van der Waals surface area contributed by atoms with E-state index in [1.807, 2.05) is 121 Å². The maximum atomic E-state index is 8.25. The van der Waals surface area contributed by atoms with E-state index in [-0.39, 0.29) is 35.8 Å². The van der Waals surface area contributed by atoms with Gasteiger partial charge in [-0.2, -0.15) is 0 Å². The molecule has 0 saturated carbocycles. The third-order valence-corrected chi connectivity index (χ3v) is 18.2. The first-order chi connectivity index (χ1) is 50.0. The van der Waals surface area contributed by atoms with Gasteiger partial charge in [-0.25, -0.2) is 24.9 Å². The number of nitrogens with zero attached hydrogens (tertiary/aromatic N) is 9. The van der Waals surface area contributed by atoms with E-state index in [4.69, 9.17) is 46.0 Å². The van der Waals surface area contributed by atoms with Gasteiger partial charge in [0.2, 0.25) is 0 Å². The van der Waals surface area contributed by atoms with Crippen LogP contribution in [0.3, 0.4) is 0 Å². The number of rotatable bonds is 9. The van der Waals surface area contributed by atoms with Gasteiger partial charge in [-0.15, -0.1) is 0 Å². The van der Waals surface area contributed by atoms with Crippen LogP contribution in [-0.4, -0.2) is 43.0 Å². The van der Waals surface area contributed by atoms with Crippen LogP contribution in [0.5, 0.6) is 34.5 Å². The number of benzene rings is 12. The Balaban J connectivity index is 0.000000112. The van der Waals surface area contributed by atoms with Crippen molar-refractivity contribution in [1.29, 1.82) is 0 Å². The smallest absolute Gasteiger partial charge is 0.154 e. The van der Waals surface area contributed by atoms with Crippen molar-refractivity contribution in [3.05, 3.63) is 295 Å². The Hall–Kier alpha value is -12.7. The van der Waals surface area contributed by atoms with Crippen molar-refractivity contribution >= 4 is 72.8 Å². The van der Waals surface area contributed by atoms with Crippen LogP contribution in [0.1, 0.15) is 56.2 Å². The third kappa shape index (κ3) is 9.79. The van der Waals surface area contributed by atoms with Crippen LogP contribution in [-0.2, 0) is 19.3 Å². The number of imidazole rings is 4. The van der Waals surface area contributed by atoms with Gasteiger partial charge in [-0.1, -0.05) is 203 Å². The molecule has 3 aliphatic heterocycles. The SMILES string of the molecule is CCc1nc2cc(-c3nc4ccccc4c4nc5ccccc5n34)cc3c2n1-c1ccccc1O3.CCc1nc2cc(/C=C/c3ccccc3)cc3c2n1-c1ccccc1O3.[2H]c1c([2H])c([2H])c(-c2ccc(-c3ccc(-c4cc5c6c(c4)nc(CC)n6-c4ccccc4O5)cc3)cc2)c([2H])c1[2H]. The summed E-state index contributed by atoms with van der Waals surface area (Å²) < 4.78 is 68.0. The van der Waals surface area contributed by atoms with Crippen LogP contribution in [0.15, 0.2) is 267 Å². The average Bonchev–Trinajstić information content (AvgIpc) is 1.54. The highest BCUT2D eigenvalue weighted by atomic mass is 16.5. The van der Waals surface area contributed by atoms with E-state index in [0.29, 0.717) is 5.56 Å². The van der Waals surface area contributed by atoms with Crippen molar-refractivity contribution in [3.63, 3.8) is 0 Å². The molecule has 17 aromatic rings. The second kappa shape index (κ2) is 23.4. The Labute approximate surface area is 565 Å². The average molecular weight is 1260 g/mol. The lowest BCUT2D eigenvalue weighted by Crippen LogP contribution is -2.07. The van der Waals surface area contributed by atoms with E-state index in [1.54, 1.807) is 12.1 Å². The summed E-state index contributed by atoms with van der Waals surface area (Å²) in [5.41, 5.74) is 20.7. The molecule has 3 aliphatic rings. The first-order valence-electron chi connectivity index (χ1n) is 35.1. The summed E-state index contributed by atoms with van der Waals surface area (Å²) in [7, 11) is 0. The van der Waals surface area contributed by atoms with Crippen molar-refractivity contribution in [2.24, 2.45) is 0 Å². The highest BCUT2D eigenvalue weighted by Gasteiger charge is 2.29. The second-order valence-corrected chi connectivity index (χ2v) is 24.0. The molecule has 8 heterocycles. The van der Waals surface area contributed by atoms with E-state index < -0.39 is 0 Å². The van der Waals surface area contributed by atoms with E-state index in [9.17, 15) is 0 Å². The van der Waals surface area contributed by atoms with Crippen LogP contribution in [0.2, 0.25) is 0 Å². The monoisotopic (exact) mass is 1260 g/mol. The van der Waals surface area contributed by atoms with E-state index in [0.717, 1.165) is 188 Å². The fourth-order valence-corrected chi connectivity index (χ4v) is 13.7. The second-order valence-electron chi connectivity index (χ2n) is 24.0. The Kier molecular flexibility index (Phi) is 12.5. The van der Waals surface area contributed by atoms with Crippen molar-refractivity contribution in [2.45, 2.75) is 40.0 Å². The van der Waals surface area contributed by atoms with Gasteiger partial charge >= 0.3 is 0 Å². The van der Waals surface area contributed by atoms with Gasteiger partial charge < -0.3 is 14.2 Å². The van der Waals surface area contributed by atoms with Gasteiger partial charge in [0, 0.05) is 30.2 Å². The molecule has 464 valence electrons. The Morgan fingerprint density at radius 2 is 0.773 bits per heavy atom. The summed E-state index contributed by atoms with van der Waals surface area (Å²) in [6, 6.07) is 77.7. The first kappa shape index (κ1) is 51.8. The molecular weight excluding hydrogens is 1190 g/mol. The number of hydrogen-bond donors (Lipinski definition) is 0. The first-order valence-corrected chi connectivity index (χ1v) is 32.6. The summed E-state index contributed by atoms with van der Waals surface area (Å²) in [6.45, 7) is 6.38. The van der Waals surface area contributed by atoms with Crippen molar-refractivity contribution in [2.75, 3.05) is 0 Å². The number of aromatic nitrogens is 9. The minimum Gasteiger partial charge on any atom is -0.453 e. The zero-order chi connectivity index (χ0) is 69.0. The van der Waals surface area contributed by atoms with Crippen molar-refractivity contribution in [1.82, 2.24) is 43.0 Å². The normalized spacial score (nSPS) is 12.9. The molecule has 12 aromatic carbocycles. The highest BCUT2D eigenvalue weighted by Crippen LogP contribution is 2.47. The van der Waals surface area contributed by atoms with Gasteiger partial charge in [0.15, 0.2) is 34.5 Å². The number of ether oxygens (including phenoxy) is 3. The lowest BCUT2D eigenvalue weighted by molar-refractivity contribution is 0.474. The zero-order valence-corrected chi connectivity index (χ0v) is 53.0. The topological polar surface area (TPSA) is 111 Å². The number of aryl methyl sites for hydroxylation is 3. The molecule has 0 amide bonds. The number of hydrogen-bond acceptors (Lipinski definition) is 8. The fraction of sp³-hybridized carbons (Fsp3) is 0.0706. The highest BCUT2D eigenvalue weighted by molar-refractivity contribution is 6.00. The molecule has 97 heavy (non-hydrogen) atoms. The van der Waals surface area contributed by atoms with Crippen molar-refractivity contribution < 1.29 is 21.1 Å². The Morgan fingerprint density at radius 1 is 0.340 bits per heavy atom. The molecular formula is C85H61N9O3. The molecule has 12 heteroatoms. The standard InChI is InChI=1S/C33H24N2O.C29H19N5O.C23H18N2O/c1-2-32-34-28-20-27(21-31-33(28)35(32)29-10-6-7-11-30(29)36-31)26-18-16-25(17-19-26)24-14-12-23(13-15-24)22-8-4-3-5-9-22;1-2-26-30-21-15-17(16-25-27(21)33(26)23-13-7-8-14-24(23)35-25)28-31-19-10-4-3-9-18(19)29-32-20-11-5-6-12-22(20)34(28)29;1-2-22-24-18-14-17(13-12-16-8-4-3-5-9-16)15-21-23(18)25(22)19-10-6-7-11-20(19)26-21/h3-21H,2H2,1H3;3-16H,2H2,1H3;3-15H,2H2,1H3/b;;13-12+/i3D,4D,5D,8D,9D;;. The summed E-state index contributed by atoms with van der Waals surface area (Å²) in [5.74, 6) is 8.84. The number of para-hydroxylation sites is 9. The van der Waals surface area contributed by atoms with Gasteiger partial charge in [0.25, 0.3) is 0 Å². The number of fused-ring (bicyclic) bond motifs is 11. The molecule has 0 fully saturated rings. The molecule has 0 N–H and O–H groups in total. The maximum Gasteiger partial charge on any atom is 0.154 e. The third-order valence-electron chi connectivity index (χ3n) is 18.2. The largest absolute Gasteiger partial charge is 0.453 e. The van der Waals surface area contributed by atoms with Crippen LogP contribution >= 0.6 is 0 Å². The van der Waals surface area contributed by atoms with E-state index in [1.165, 1.54) is 5.56 Å². The Morgan fingerprint density at radius 3 is 1.33 bits per heavy atom. The van der Waals surface area contributed by atoms with Crippen LogP contribution in [0.4, 0.5) is 0 Å². The predicted molar refractivity (Wildman–Crippen MR) is 390 cm³/mol. The maximum absolute atomic E-state index is 8.25. The lowest BCUT2D eigenvalue weighted by Gasteiger charge is -2.21. The molecule has 0 saturated heterocycles. The predicted octanol–water partition coefficient (Wildman–Crippen LogP) is 21.3. The van der Waals surface area contributed by atoms with Gasteiger partial charge in [-0.3, -0.25) is 18.1 Å². The summed E-state index contributed by atoms with van der Waals surface area (Å²) >= 11 is 0. The molecule has 0 atom stereocenters. The van der Waals surface area contributed by atoms with Gasteiger partial charge in [0.05, 0.1) is 57.0 Å². The molecule has 0 bridgehead atoms. The quantitative estimate of drug-likeness (QED) is 0.131. The molecule has 12 nitrogen and oxygen atoms in total. The molecule has 0 spiro atoms. The molecule has 20 rings (SSSR count). The van der Waals surface area contributed by atoms with Crippen LogP contribution in [0, 0.1) is 0 Å². The molecule has 5 aromatic heterocycles.